The molecule has 3 N–H and O–H groups in total. The van der Waals surface area contributed by atoms with Crippen LogP contribution in [0.4, 0.5) is 16.6 Å². The van der Waals surface area contributed by atoms with Crippen LogP contribution < -0.4 is 15.8 Å². The first-order chi connectivity index (χ1) is 9.10. The van der Waals surface area contributed by atoms with Crippen molar-refractivity contribution >= 4 is 33.8 Å². The van der Waals surface area contributed by atoms with E-state index < -0.39 is 0 Å². The van der Waals surface area contributed by atoms with Crippen LogP contribution in [-0.4, -0.2) is 17.4 Å². The number of aromatic nitrogens is 1. The van der Waals surface area contributed by atoms with E-state index >= 15 is 0 Å². The van der Waals surface area contributed by atoms with Crippen molar-refractivity contribution in [2.45, 2.75) is 13.8 Å². The van der Waals surface area contributed by atoms with Gasteiger partial charge in [-0.05, 0) is 31.2 Å². The van der Waals surface area contributed by atoms with Gasteiger partial charge in [0.15, 0.2) is 10.9 Å². The summed E-state index contributed by atoms with van der Waals surface area (Å²) in [6.45, 7) is 4.05. The molecule has 5 nitrogen and oxygen atoms in total. The fourth-order valence-corrected chi connectivity index (χ4v) is 2.36. The molecular weight excluding hydrogens is 262 g/mol. The molecule has 0 radical (unpaired) electrons. The minimum atomic E-state index is -0.0743. The van der Waals surface area contributed by atoms with Crippen molar-refractivity contribution in [2.75, 3.05) is 17.7 Å². The highest BCUT2D eigenvalue weighted by Gasteiger charge is 2.12. The Kier molecular flexibility index (Phi) is 4.01. The van der Waals surface area contributed by atoms with Crippen molar-refractivity contribution in [3.05, 3.63) is 29.1 Å². The average Bonchev–Trinajstić information content (AvgIpc) is 2.73. The van der Waals surface area contributed by atoms with E-state index in [0.29, 0.717) is 16.6 Å². The van der Waals surface area contributed by atoms with Crippen LogP contribution in [0.5, 0.6) is 5.75 Å². The summed E-state index contributed by atoms with van der Waals surface area (Å²) >= 11 is 1.25. The van der Waals surface area contributed by atoms with Crippen molar-refractivity contribution in [3.8, 4) is 5.75 Å². The lowest BCUT2D eigenvalue weighted by molar-refractivity contribution is 0.102. The lowest BCUT2D eigenvalue weighted by Gasteiger charge is -2.05. The molecule has 0 unspecified atom stereocenters. The molecule has 0 saturated carbocycles. The number of nitrogens with one attached hydrogen (secondary N) is 1. The molecule has 0 amide bonds. The standard InChI is InChI=1S/C13H15N3O2S/c1-3-18-10-6-4-9(5-7-10)15-13-16-12(14)11(19-13)8(2)17/h4-7H,3,14H2,1-2H3,(H,15,16). The predicted molar refractivity (Wildman–Crippen MR) is 77.4 cm³/mol. The summed E-state index contributed by atoms with van der Waals surface area (Å²) in [5, 5.41) is 3.71. The Labute approximate surface area is 115 Å². The molecule has 1 aromatic carbocycles. The first-order valence-electron chi connectivity index (χ1n) is 5.87. The molecular formula is C13H15N3O2S. The van der Waals surface area contributed by atoms with E-state index in [1.807, 2.05) is 31.2 Å². The number of hydrogen-bond donors (Lipinski definition) is 2. The Bertz CT molecular complexity index is 578. The SMILES string of the molecule is CCOc1ccc(Nc2nc(N)c(C(C)=O)s2)cc1. The fourth-order valence-electron chi connectivity index (χ4n) is 1.56. The van der Waals surface area contributed by atoms with Crippen LogP contribution in [0.2, 0.25) is 0 Å². The van der Waals surface area contributed by atoms with Gasteiger partial charge in [-0.3, -0.25) is 4.79 Å². The van der Waals surface area contributed by atoms with E-state index in [9.17, 15) is 4.79 Å². The number of nitrogen functional groups attached to an aromatic ring is 1. The van der Waals surface area contributed by atoms with Crippen LogP contribution in [0.3, 0.4) is 0 Å². The van der Waals surface area contributed by atoms with Crippen LogP contribution in [-0.2, 0) is 0 Å². The van der Waals surface area contributed by atoms with Crippen LogP contribution in [0.25, 0.3) is 0 Å². The fraction of sp³-hybridized carbons (Fsp3) is 0.231. The Morgan fingerprint density at radius 1 is 1.42 bits per heavy atom. The van der Waals surface area contributed by atoms with E-state index in [1.54, 1.807) is 0 Å². The maximum Gasteiger partial charge on any atom is 0.189 e. The Morgan fingerprint density at radius 3 is 2.63 bits per heavy atom. The Hall–Kier alpha value is -2.08. The highest BCUT2D eigenvalue weighted by molar-refractivity contribution is 7.18. The molecule has 0 fully saturated rings. The van der Waals surface area contributed by atoms with Gasteiger partial charge in [-0.15, -0.1) is 0 Å². The minimum Gasteiger partial charge on any atom is -0.494 e. The number of hydrogen-bond acceptors (Lipinski definition) is 6. The van der Waals surface area contributed by atoms with Crippen molar-refractivity contribution in [1.29, 1.82) is 0 Å². The summed E-state index contributed by atoms with van der Waals surface area (Å²) in [5.74, 6) is 1.01. The van der Waals surface area contributed by atoms with Crippen molar-refractivity contribution in [2.24, 2.45) is 0 Å². The van der Waals surface area contributed by atoms with Gasteiger partial charge in [-0.25, -0.2) is 4.98 Å². The van der Waals surface area contributed by atoms with E-state index in [0.717, 1.165) is 11.4 Å². The third-order valence-corrected chi connectivity index (χ3v) is 3.48. The molecule has 100 valence electrons. The highest BCUT2D eigenvalue weighted by Crippen LogP contribution is 2.28. The minimum absolute atomic E-state index is 0.0743. The number of carbonyl (C=O) groups is 1. The largest absolute Gasteiger partial charge is 0.494 e. The normalized spacial score (nSPS) is 10.2. The van der Waals surface area contributed by atoms with E-state index in [4.69, 9.17) is 10.5 Å². The molecule has 0 atom stereocenters. The zero-order chi connectivity index (χ0) is 13.8. The molecule has 1 heterocycles. The Morgan fingerprint density at radius 2 is 2.11 bits per heavy atom. The number of nitrogens with two attached hydrogens (primary N) is 1. The quantitative estimate of drug-likeness (QED) is 0.821. The second-order valence-corrected chi connectivity index (χ2v) is 4.87. The van der Waals surface area contributed by atoms with Crippen LogP contribution in [0.15, 0.2) is 24.3 Å². The van der Waals surface area contributed by atoms with Gasteiger partial charge in [0.25, 0.3) is 0 Å². The number of ketones is 1. The number of benzene rings is 1. The molecule has 0 aliphatic carbocycles. The second kappa shape index (κ2) is 5.71. The number of nitrogens with zero attached hydrogens (tertiary/aromatic N) is 1. The molecule has 0 aliphatic heterocycles. The topological polar surface area (TPSA) is 77.2 Å². The summed E-state index contributed by atoms with van der Waals surface area (Å²) in [6.07, 6.45) is 0. The van der Waals surface area contributed by atoms with Gasteiger partial charge >= 0.3 is 0 Å². The van der Waals surface area contributed by atoms with Crippen LogP contribution >= 0.6 is 11.3 Å². The lowest BCUT2D eigenvalue weighted by atomic mass is 10.3. The second-order valence-electron chi connectivity index (χ2n) is 3.87. The van der Waals surface area contributed by atoms with Gasteiger partial charge in [0, 0.05) is 12.6 Å². The summed E-state index contributed by atoms with van der Waals surface area (Å²) in [4.78, 5) is 15.9. The zero-order valence-electron chi connectivity index (χ0n) is 10.8. The van der Waals surface area contributed by atoms with Gasteiger partial charge in [0.05, 0.1) is 6.61 Å². The molecule has 0 bridgehead atoms. The number of thiazole rings is 1. The highest BCUT2D eigenvalue weighted by atomic mass is 32.1. The first-order valence-corrected chi connectivity index (χ1v) is 6.69. The predicted octanol–water partition coefficient (Wildman–Crippen LogP) is 3.07. The lowest BCUT2D eigenvalue weighted by Crippen LogP contribution is -1.95. The molecule has 0 saturated heterocycles. The zero-order valence-corrected chi connectivity index (χ0v) is 11.6. The molecule has 2 rings (SSSR count). The smallest absolute Gasteiger partial charge is 0.189 e. The molecule has 6 heteroatoms. The summed E-state index contributed by atoms with van der Waals surface area (Å²) in [5.41, 5.74) is 6.55. The molecule has 1 aromatic heterocycles. The number of ether oxygens (including phenoxy) is 1. The van der Waals surface area contributed by atoms with Crippen molar-refractivity contribution < 1.29 is 9.53 Å². The van der Waals surface area contributed by atoms with E-state index in [2.05, 4.69) is 10.3 Å². The first kappa shape index (κ1) is 13.4. The number of carbonyl (C=O) groups excluding carboxylic acids is 1. The number of rotatable bonds is 5. The molecule has 19 heavy (non-hydrogen) atoms. The Balaban J connectivity index is 2.12. The van der Waals surface area contributed by atoms with Crippen LogP contribution in [0, 0.1) is 0 Å². The van der Waals surface area contributed by atoms with Gasteiger partial charge in [-0.1, -0.05) is 11.3 Å². The summed E-state index contributed by atoms with van der Waals surface area (Å²) in [7, 11) is 0. The van der Waals surface area contributed by atoms with Gasteiger partial charge < -0.3 is 15.8 Å². The average molecular weight is 277 g/mol. The molecule has 2 aromatic rings. The summed E-state index contributed by atoms with van der Waals surface area (Å²) in [6, 6.07) is 7.51. The number of Topliss-reactive ketones (excluding diaryl/α,β-unsaturated/α-hetero) is 1. The maximum atomic E-state index is 11.3. The van der Waals surface area contributed by atoms with Crippen molar-refractivity contribution in [3.63, 3.8) is 0 Å². The molecule has 0 spiro atoms. The maximum absolute atomic E-state index is 11.3. The van der Waals surface area contributed by atoms with Crippen molar-refractivity contribution in [1.82, 2.24) is 4.98 Å². The monoisotopic (exact) mass is 277 g/mol. The van der Waals surface area contributed by atoms with Crippen LogP contribution in [0.1, 0.15) is 23.5 Å². The third kappa shape index (κ3) is 3.23. The third-order valence-electron chi connectivity index (χ3n) is 2.39. The number of anilines is 3. The van der Waals surface area contributed by atoms with E-state index in [1.165, 1.54) is 18.3 Å². The van der Waals surface area contributed by atoms with Gasteiger partial charge in [0.2, 0.25) is 0 Å². The van der Waals surface area contributed by atoms with E-state index in [-0.39, 0.29) is 11.6 Å². The summed E-state index contributed by atoms with van der Waals surface area (Å²) < 4.78 is 5.36. The van der Waals surface area contributed by atoms with Gasteiger partial charge in [0.1, 0.15) is 16.4 Å². The van der Waals surface area contributed by atoms with Gasteiger partial charge in [-0.2, -0.15) is 0 Å². The molecule has 0 aliphatic rings.